The first-order valence-electron chi connectivity index (χ1n) is 6.74. The molecule has 17 heavy (non-hydrogen) atoms. The average molecular weight is 257 g/mol. The molecule has 1 rings (SSSR count). The van der Waals surface area contributed by atoms with Gasteiger partial charge in [0.25, 0.3) is 0 Å². The summed E-state index contributed by atoms with van der Waals surface area (Å²) >= 11 is 0. The summed E-state index contributed by atoms with van der Waals surface area (Å²) in [5.74, 6) is 0.788. The highest BCUT2D eigenvalue weighted by molar-refractivity contribution is 7.84. The van der Waals surface area contributed by atoms with E-state index in [0.29, 0.717) is 0 Å². The van der Waals surface area contributed by atoms with Gasteiger partial charge in [0.2, 0.25) is 0 Å². The number of hydrogen-bond acceptors (Lipinski definition) is 1. The van der Waals surface area contributed by atoms with E-state index < -0.39 is 11.0 Å². The maximum Gasteiger partial charge on any atom is 0.0975 e. The van der Waals surface area contributed by atoms with Crippen LogP contribution in [0, 0.1) is 5.92 Å². The maximum atomic E-state index is 12.0. The molecule has 1 saturated carbocycles. The predicted octanol–water partition coefficient (Wildman–Crippen LogP) is 3.56. The number of hydrogen-bond donors (Lipinski definition) is 1. The van der Waals surface area contributed by atoms with Gasteiger partial charge in [-0.05, 0) is 33.1 Å². The Morgan fingerprint density at radius 1 is 1.35 bits per heavy atom. The fourth-order valence-corrected chi connectivity index (χ4v) is 3.11. The van der Waals surface area contributed by atoms with Gasteiger partial charge >= 0.3 is 0 Å². The molecule has 1 N–H and O–H groups in total. The Morgan fingerprint density at radius 3 is 2.41 bits per heavy atom. The maximum absolute atomic E-state index is 12.0. The van der Waals surface area contributed by atoms with E-state index in [1.807, 2.05) is 26.8 Å². The zero-order chi connectivity index (χ0) is 12.9. The van der Waals surface area contributed by atoms with Gasteiger partial charge in [-0.1, -0.05) is 38.2 Å². The van der Waals surface area contributed by atoms with Crippen LogP contribution in [0.15, 0.2) is 12.7 Å². The van der Waals surface area contributed by atoms with E-state index in [0.717, 1.165) is 12.3 Å². The molecule has 1 aliphatic rings. The van der Waals surface area contributed by atoms with Crippen molar-refractivity contribution in [2.75, 3.05) is 0 Å². The van der Waals surface area contributed by atoms with Crippen molar-refractivity contribution in [3.8, 4) is 0 Å². The van der Waals surface area contributed by atoms with Crippen molar-refractivity contribution >= 4 is 11.0 Å². The lowest BCUT2D eigenvalue weighted by Crippen LogP contribution is -2.39. The topological polar surface area (TPSA) is 29.1 Å². The van der Waals surface area contributed by atoms with Gasteiger partial charge in [0.15, 0.2) is 0 Å². The Balaban J connectivity index is 2.42. The minimum atomic E-state index is -0.993. The summed E-state index contributed by atoms with van der Waals surface area (Å²) in [6.07, 6.45) is 9.76. The summed E-state index contributed by atoms with van der Waals surface area (Å²) in [7, 11) is -0.993. The van der Waals surface area contributed by atoms with E-state index in [1.165, 1.54) is 32.1 Å². The van der Waals surface area contributed by atoms with Crippen LogP contribution >= 0.6 is 0 Å². The van der Waals surface area contributed by atoms with Crippen LogP contribution in [0.5, 0.6) is 0 Å². The van der Waals surface area contributed by atoms with Gasteiger partial charge in [-0.2, -0.15) is 0 Å². The van der Waals surface area contributed by atoms with Crippen LogP contribution in [0.3, 0.4) is 0 Å². The van der Waals surface area contributed by atoms with E-state index in [1.54, 1.807) is 0 Å². The molecule has 100 valence electrons. The summed E-state index contributed by atoms with van der Waals surface area (Å²) in [4.78, 5) is 0. The lowest BCUT2D eigenvalue weighted by atomic mass is 9.85. The molecule has 3 heteroatoms. The van der Waals surface area contributed by atoms with Gasteiger partial charge in [-0.3, -0.25) is 0 Å². The van der Waals surface area contributed by atoms with Crippen molar-refractivity contribution in [2.45, 2.75) is 70.1 Å². The molecule has 0 saturated heterocycles. The molecule has 0 bridgehead atoms. The minimum absolute atomic E-state index is 0.193. The fraction of sp³-hybridized carbons (Fsp3) is 0.857. The highest BCUT2D eigenvalue weighted by Crippen LogP contribution is 2.27. The molecule has 0 aromatic rings. The van der Waals surface area contributed by atoms with Crippen LogP contribution in [0.4, 0.5) is 0 Å². The SMILES string of the molecule is C=C[C@H](CC1CCCCC1)N[S@@](=O)C(C)(C)C. The third kappa shape index (κ3) is 5.35. The highest BCUT2D eigenvalue weighted by atomic mass is 32.2. The summed E-state index contributed by atoms with van der Waals surface area (Å²) in [6.45, 7) is 9.86. The molecular weight excluding hydrogens is 230 g/mol. The molecule has 2 nitrogen and oxygen atoms in total. The predicted molar refractivity (Wildman–Crippen MR) is 76.2 cm³/mol. The summed E-state index contributed by atoms with van der Waals surface area (Å²) < 4.78 is 15.0. The molecule has 0 unspecified atom stereocenters. The first kappa shape index (κ1) is 14.9. The third-order valence-electron chi connectivity index (χ3n) is 3.41. The monoisotopic (exact) mass is 257 g/mol. The molecule has 0 heterocycles. The van der Waals surface area contributed by atoms with Gasteiger partial charge in [-0.25, -0.2) is 8.93 Å². The second kappa shape index (κ2) is 6.69. The lowest BCUT2D eigenvalue weighted by Gasteiger charge is -2.27. The van der Waals surface area contributed by atoms with E-state index in [9.17, 15) is 4.21 Å². The molecule has 0 aliphatic heterocycles. The number of nitrogens with one attached hydrogen (secondary N) is 1. The molecule has 1 fully saturated rings. The van der Waals surface area contributed by atoms with Crippen LogP contribution in [0.1, 0.15) is 59.3 Å². The van der Waals surface area contributed by atoms with Gasteiger partial charge < -0.3 is 0 Å². The van der Waals surface area contributed by atoms with E-state index in [2.05, 4.69) is 11.3 Å². The second-order valence-corrected chi connectivity index (χ2v) is 8.08. The van der Waals surface area contributed by atoms with Crippen LogP contribution in [0.2, 0.25) is 0 Å². The Hall–Kier alpha value is -0.150. The van der Waals surface area contributed by atoms with Crippen molar-refractivity contribution in [2.24, 2.45) is 5.92 Å². The highest BCUT2D eigenvalue weighted by Gasteiger charge is 2.23. The third-order valence-corrected chi connectivity index (χ3v) is 5.04. The first-order chi connectivity index (χ1) is 7.93. The Morgan fingerprint density at radius 2 is 1.94 bits per heavy atom. The largest absolute Gasteiger partial charge is 0.242 e. The van der Waals surface area contributed by atoms with Crippen molar-refractivity contribution in [1.29, 1.82) is 0 Å². The van der Waals surface area contributed by atoms with Crippen molar-refractivity contribution < 1.29 is 4.21 Å². The molecule has 1 aliphatic carbocycles. The molecule has 0 aromatic heterocycles. The van der Waals surface area contributed by atoms with Crippen LogP contribution in [-0.4, -0.2) is 15.0 Å². The van der Waals surface area contributed by atoms with Crippen LogP contribution < -0.4 is 4.72 Å². The fourth-order valence-electron chi connectivity index (χ4n) is 2.29. The standard InChI is InChI=1S/C14H27NOS/c1-5-13(15-17(16)14(2,3)4)11-12-9-7-6-8-10-12/h5,12-13,15H,1,6-11H2,2-4H3/t13-,17+/m1/s1. The summed E-state index contributed by atoms with van der Waals surface area (Å²) in [5.41, 5.74) is 0. The smallest absolute Gasteiger partial charge is 0.0975 e. The summed E-state index contributed by atoms with van der Waals surface area (Å²) in [6, 6.07) is 0.193. The molecule has 0 aromatic carbocycles. The molecule has 0 radical (unpaired) electrons. The zero-order valence-corrected chi connectivity index (χ0v) is 12.3. The van der Waals surface area contributed by atoms with E-state index in [4.69, 9.17) is 0 Å². The normalized spacial score (nSPS) is 22.1. The zero-order valence-electron chi connectivity index (χ0n) is 11.5. The quantitative estimate of drug-likeness (QED) is 0.750. The van der Waals surface area contributed by atoms with Crippen LogP contribution in [0.25, 0.3) is 0 Å². The van der Waals surface area contributed by atoms with Gasteiger partial charge in [0.1, 0.15) is 0 Å². The molecule has 0 spiro atoms. The number of rotatable bonds is 5. The Bertz CT molecular complexity index is 264. The molecule has 0 amide bonds. The second-order valence-electron chi connectivity index (χ2n) is 6.08. The van der Waals surface area contributed by atoms with Gasteiger partial charge in [0.05, 0.1) is 15.7 Å². The molecular formula is C14H27NOS. The van der Waals surface area contributed by atoms with Crippen molar-refractivity contribution in [3.63, 3.8) is 0 Å². The Kier molecular flexibility index (Phi) is 5.87. The Labute approximate surface area is 109 Å². The summed E-state index contributed by atoms with van der Waals surface area (Å²) in [5, 5.41) is 0. The van der Waals surface area contributed by atoms with Crippen LogP contribution in [-0.2, 0) is 11.0 Å². The average Bonchev–Trinajstić information content (AvgIpc) is 2.28. The van der Waals surface area contributed by atoms with E-state index in [-0.39, 0.29) is 10.8 Å². The van der Waals surface area contributed by atoms with Crippen molar-refractivity contribution in [1.82, 2.24) is 4.72 Å². The lowest BCUT2D eigenvalue weighted by molar-refractivity contribution is 0.325. The molecule has 2 atom stereocenters. The first-order valence-corrected chi connectivity index (χ1v) is 7.89. The van der Waals surface area contributed by atoms with Crippen molar-refractivity contribution in [3.05, 3.63) is 12.7 Å². The van der Waals surface area contributed by atoms with Gasteiger partial charge in [0, 0.05) is 6.04 Å². The minimum Gasteiger partial charge on any atom is -0.242 e. The van der Waals surface area contributed by atoms with Gasteiger partial charge in [-0.15, -0.1) is 6.58 Å². The van der Waals surface area contributed by atoms with E-state index >= 15 is 0 Å².